The van der Waals surface area contributed by atoms with Crippen LogP contribution in [0.25, 0.3) is 11.3 Å². The molecule has 2 aromatic rings. The zero-order valence-electron chi connectivity index (χ0n) is 8.21. The van der Waals surface area contributed by atoms with Crippen LogP contribution in [0.3, 0.4) is 0 Å². The largest absolute Gasteiger partial charge is 0.488 e. The molecular formula is C10H8BFN2O2. The van der Waals surface area contributed by atoms with Crippen LogP contribution in [0, 0.1) is 5.82 Å². The number of hydrogen-bond acceptors (Lipinski definition) is 4. The molecule has 4 nitrogen and oxygen atoms in total. The zero-order valence-corrected chi connectivity index (χ0v) is 8.21. The summed E-state index contributed by atoms with van der Waals surface area (Å²) in [5, 5.41) is 25.4. The fourth-order valence-electron chi connectivity index (χ4n) is 1.34. The van der Waals surface area contributed by atoms with E-state index in [4.69, 9.17) is 10.0 Å². The molecule has 0 amide bonds. The van der Waals surface area contributed by atoms with Crippen LogP contribution in [0.2, 0.25) is 0 Å². The summed E-state index contributed by atoms with van der Waals surface area (Å²) < 4.78 is 13.5. The third-order valence-corrected chi connectivity index (χ3v) is 2.14. The lowest BCUT2D eigenvalue weighted by molar-refractivity contribution is 0.425. The third kappa shape index (κ3) is 2.07. The zero-order chi connectivity index (χ0) is 11.5. The lowest BCUT2D eigenvalue weighted by Crippen LogP contribution is -2.29. The van der Waals surface area contributed by atoms with Crippen molar-refractivity contribution < 1.29 is 14.4 Å². The number of hydrogen-bond donors (Lipinski definition) is 2. The third-order valence-electron chi connectivity index (χ3n) is 2.14. The van der Waals surface area contributed by atoms with Crippen LogP contribution in [0.15, 0.2) is 36.5 Å². The van der Waals surface area contributed by atoms with E-state index in [0.29, 0.717) is 5.69 Å². The molecule has 0 atom stereocenters. The highest BCUT2D eigenvalue weighted by atomic mass is 19.1. The molecule has 0 fully saturated rings. The summed E-state index contributed by atoms with van der Waals surface area (Å²) in [5.41, 5.74) is 0.753. The van der Waals surface area contributed by atoms with Crippen molar-refractivity contribution in [1.29, 1.82) is 0 Å². The highest BCUT2D eigenvalue weighted by Crippen LogP contribution is 2.18. The second kappa shape index (κ2) is 4.38. The molecule has 16 heavy (non-hydrogen) atoms. The highest BCUT2D eigenvalue weighted by Gasteiger charge is 2.14. The van der Waals surface area contributed by atoms with E-state index >= 15 is 0 Å². The summed E-state index contributed by atoms with van der Waals surface area (Å²) in [4.78, 5) is 0. The molecule has 1 heterocycles. The van der Waals surface area contributed by atoms with E-state index in [1.54, 1.807) is 12.1 Å². The Morgan fingerprint density at radius 1 is 1.19 bits per heavy atom. The Bertz CT molecular complexity index is 493. The summed E-state index contributed by atoms with van der Waals surface area (Å²) in [6.07, 6.45) is 1.48. The molecule has 2 N–H and O–H groups in total. The molecule has 0 aliphatic heterocycles. The van der Waals surface area contributed by atoms with Gasteiger partial charge in [0.25, 0.3) is 0 Å². The van der Waals surface area contributed by atoms with Crippen LogP contribution in [0.4, 0.5) is 4.39 Å². The molecule has 0 aliphatic carbocycles. The summed E-state index contributed by atoms with van der Waals surface area (Å²) in [6.45, 7) is 0. The van der Waals surface area contributed by atoms with Crippen molar-refractivity contribution in [3.63, 3.8) is 0 Å². The topological polar surface area (TPSA) is 66.2 Å². The van der Waals surface area contributed by atoms with Gasteiger partial charge in [-0.05, 0) is 23.7 Å². The fraction of sp³-hybridized carbons (Fsp3) is 0. The minimum atomic E-state index is -1.63. The molecule has 0 saturated carbocycles. The summed E-state index contributed by atoms with van der Waals surface area (Å²) >= 11 is 0. The normalized spacial score (nSPS) is 10.2. The number of rotatable bonds is 2. The molecule has 0 saturated heterocycles. The monoisotopic (exact) mass is 218 g/mol. The molecule has 0 unspecified atom stereocenters. The lowest BCUT2D eigenvalue weighted by Gasteiger charge is -2.04. The van der Waals surface area contributed by atoms with E-state index < -0.39 is 12.9 Å². The number of nitrogens with zero attached hydrogens (tertiary/aromatic N) is 2. The van der Waals surface area contributed by atoms with Crippen molar-refractivity contribution >= 4 is 12.6 Å². The van der Waals surface area contributed by atoms with Crippen molar-refractivity contribution in [2.45, 2.75) is 0 Å². The first-order valence-corrected chi connectivity index (χ1v) is 4.62. The maximum atomic E-state index is 13.5. The standard InChI is InChI=1S/C10H8BFN2O2/c12-9-4-3-7(11(15)16)6-8(9)10-2-1-5-13-14-10/h1-6,15-16H. The number of halogens is 1. The van der Waals surface area contributed by atoms with Gasteiger partial charge in [0.1, 0.15) is 5.82 Å². The molecule has 80 valence electrons. The first-order chi connectivity index (χ1) is 7.68. The maximum absolute atomic E-state index is 13.5. The molecular weight excluding hydrogens is 210 g/mol. The molecule has 0 radical (unpaired) electrons. The molecule has 2 rings (SSSR count). The molecule has 0 spiro atoms. The van der Waals surface area contributed by atoms with Crippen molar-refractivity contribution in [3.8, 4) is 11.3 Å². The van der Waals surface area contributed by atoms with Crippen molar-refractivity contribution in [1.82, 2.24) is 10.2 Å². The average Bonchev–Trinajstić information content (AvgIpc) is 2.30. The van der Waals surface area contributed by atoms with Gasteiger partial charge in [-0.2, -0.15) is 10.2 Å². The number of aromatic nitrogens is 2. The van der Waals surface area contributed by atoms with Crippen molar-refractivity contribution in [2.24, 2.45) is 0 Å². The van der Waals surface area contributed by atoms with Crippen LogP contribution >= 0.6 is 0 Å². The van der Waals surface area contributed by atoms with Gasteiger partial charge in [-0.25, -0.2) is 4.39 Å². The predicted octanol–water partition coefficient (Wildman–Crippen LogP) is -0.0375. The summed E-state index contributed by atoms with van der Waals surface area (Å²) in [7, 11) is -1.63. The Hall–Kier alpha value is -1.79. The van der Waals surface area contributed by atoms with E-state index in [2.05, 4.69) is 10.2 Å². The average molecular weight is 218 g/mol. The van der Waals surface area contributed by atoms with E-state index in [1.807, 2.05) is 0 Å². The first kappa shape index (κ1) is 10.7. The van der Waals surface area contributed by atoms with Gasteiger partial charge < -0.3 is 10.0 Å². The number of benzene rings is 1. The smallest absolute Gasteiger partial charge is 0.423 e. The van der Waals surface area contributed by atoms with Gasteiger partial charge >= 0.3 is 7.12 Å². The van der Waals surface area contributed by atoms with E-state index in [1.165, 1.54) is 24.4 Å². The second-order valence-electron chi connectivity index (χ2n) is 3.22. The Morgan fingerprint density at radius 2 is 2.00 bits per heavy atom. The van der Waals surface area contributed by atoms with Gasteiger partial charge in [-0.15, -0.1) is 0 Å². The van der Waals surface area contributed by atoms with E-state index in [9.17, 15) is 4.39 Å². The first-order valence-electron chi connectivity index (χ1n) is 4.62. The molecule has 6 heteroatoms. The van der Waals surface area contributed by atoms with Gasteiger partial charge in [-0.1, -0.05) is 12.1 Å². The molecule has 1 aromatic heterocycles. The Labute approximate surface area is 91.5 Å². The summed E-state index contributed by atoms with van der Waals surface area (Å²) in [6, 6.07) is 7.03. The van der Waals surface area contributed by atoms with Crippen LogP contribution in [0.5, 0.6) is 0 Å². The van der Waals surface area contributed by atoms with Crippen molar-refractivity contribution in [2.75, 3.05) is 0 Å². The molecule has 1 aromatic carbocycles. The van der Waals surface area contributed by atoms with Gasteiger partial charge in [0.2, 0.25) is 0 Å². The minimum absolute atomic E-state index is 0.193. The Kier molecular flexibility index (Phi) is 2.94. The SMILES string of the molecule is OB(O)c1ccc(F)c(-c2cccnn2)c1. The van der Waals surface area contributed by atoms with E-state index in [0.717, 1.165) is 0 Å². The van der Waals surface area contributed by atoms with Crippen molar-refractivity contribution in [3.05, 3.63) is 42.3 Å². The maximum Gasteiger partial charge on any atom is 0.488 e. The lowest BCUT2D eigenvalue weighted by atomic mass is 9.79. The van der Waals surface area contributed by atoms with Crippen LogP contribution in [-0.4, -0.2) is 27.4 Å². The van der Waals surface area contributed by atoms with Crippen LogP contribution in [0.1, 0.15) is 0 Å². The van der Waals surface area contributed by atoms with Gasteiger partial charge in [0.05, 0.1) is 5.69 Å². The van der Waals surface area contributed by atoms with Gasteiger partial charge in [0, 0.05) is 11.8 Å². The Balaban J connectivity index is 2.52. The summed E-state index contributed by atoms with van der Waals surface area (Å²) in [5.74, 6) is -0.482. The second-order valence-corrected chi connectivity index (χ2v) is 3.22. The van der Waals surface area contributed by atoms with Gasteiger partial charge in [0.15, 0.2) is 0 Å². The minimum Gasteiger partial charge on any atom is -0.423 e. The molecule has 0 aliphatic rings. The fourth-order valence-corrected chi connectivity index (χ4v) is 1.34. The van der Waals surface area contributed by atoms with Crippen LogP contribution < -0.4 is 5.46 Å². The quantitative estimate of drug-likeness (QED) is 0.694. The van der Waals surface area contributed by atoms with Crippen LogP contribution in [-0.2, 0) is 0 Å². The molecule has 0 bridgehead atoms. The Morgan fingerprint density at radius 3 is 2.62 bits per heavy atom. The predicted molar refractivity (Wildman–Crippen MR) is 57.3 cm³/mol. The highest BCUT2D eigenvalue weighted by molar-refractivity contribution is 6.58. The van der Waals surface area contributed by atoms with Gasteiger partial charge in [-0.3, -0.25) is 0 Å². The van der Waals surface area contributed by atoms with E-state index in [-0.39, 0.29) is 11.0 Å².